The zero-order chi connectivity index (χ0) is 13.7. The second-order valence-electron chi connectivity index (χ2n) is 4.79. The van der Waals surface area contributed by atoms with Gasteiger partial charge < -0.3 is 9.53 Å². The van der Waals surface area contributed by atoms with Gasteiger partial charge in [0.1, 0.15) is 6.29 Å². The predicted molar refractivity (Wildman–Crippen MR) is 78.8 cm³/mol. The maximum absolute atomic E-state index is 11.0. The molecule has 0 amide bonds. The van der Waals surface area contributed by atoms with E-state index in [1.165, 1.54) is 16.0 Å². The molecular weight excluding hydrogens is 258 g/mol. The number of carbonyl (C=O) groups excluding carboxylic acids is 1. The third-order valence-corrected chi connectivity index (χ3v) is 4.37. The largest absolute Gasteiger partial charge is 0.379 e. The molecule has 0 aromatic heterocycles. The summed E-state index contributed by atoms with van der Waals surface area (Å²) in [6.45, 7) is 5.46. The highest BCUT2D eigenvalue weighted by Gasteiger charge is 2.23. The van der Waals surface area contributed by atoms with Crippen LogP contribution in [0.1, 0.15) is 23.6 Å². The minimum absolute atomic E-state index is 0.192. The summed E-state index contributed by atoms with van der Waals surface area (Å²) in [5, 5.41) is 0. The number of benzene rings is 1. The van der Waals surface area contributed by atoms with Gasteiger partial charge in [-0.05, 0) is 36.4 Å². The van der Waals surface area contributed by atoms with Gasteiger partial charge in [0.2, 0.25) is 0 Å². The van der Waals surface area contributed by atoms with Crippen molar-refractivity contribution in [2.24, 2.45) is 0 Å². The van der Waals surface area contributed by atoms with E-state index in [9.17, 15) is 4.79 Å². The summed E-state index contributed by atoms with van der Waals surface area (Å²) in [6, 6.07) is 6.71. The number of aryl methyl sites for hydroxylation is 1. The second-order valence-corrected chi connectivity index (χ2v) is 5.67. The SMILES string of the molecule is CSc1ccc(C(CC=O)N2CCOCC2)c(C)c1. The lowest BCUT2D eigenvalue weighted by atomic mass is 9.97. The molecule has 19 heavy (non-hydrogen) atoms. The molecule has 0 aliphatic carbocycles. The number of rotatable bonds is 5. The number of carbonyl (C=O) groups is 1. The van der Waals surface area contributed by atoms with Crippen LogP contribution < -0.4 is 0 Å². The summed E-state index contributed by atoms with van der Waals surface area (Å²) in [5.41, 5.74) is 2.54. The number of ether oxygens (including phenoxy) is 1. The molecule has 0 bridgehead atoms. The van der Waals surface area contributed by atoms with Gasteiger partial charge in [-0.25, -0.2) is 0 Å². The van der Waals surface area contributed by atoms with E-state index in [4.69, 9.17) is 4.74 Å². The van der Waals surface area contributed by atoms with Crippen LogP contribution in [-0.4, -0.2) is 43.7 Å². The van der Waals surface area contributed by atoms with E-state index in [-0.39, 0.29) is 6.04 Å². The van der Waals surface area contributed by atoms with Gasteiger partial charge in [-0.15, -0.1) is 11.8 Å². The van der Waals surface area contributed by atoms with Gasteiger partial charge in [0.25, 0.3) is 0 Å². The zero-order valence-electron chi connectivity index (χ0n) is 11.6. The van der Waals surface area contributed by atoms with Gasteiger partial charge in [-0.1, -0.05) is 6.07 Å². The minimum atomic E-state index is 0.192. The van der Waals surface area contributed by atoms with E-state index in [0.717, 1.165) is 32.6 Å². The minimum Gasteiger partial charge on any atom is -0.379 e. The fourth-order valence-electron chi connectivity index (χ4n) is 2.60. The molecule has 0 radical (unpaired) electrons. The molecule has 104 valence electrons. The van der Waals surface area contributed by atoms with Crippen molar-refractivity contribution in [2.45, 2.75) is 24.3 Å². The van der Waals surface area contributed by atoms with Crippen molar-refractivity contribution in [3.05, 3.63) is 29.3 Å². The number of thioether (sulfide) groups is 1. The molecule has 1 aromatic rings. The Hall–Kier alpha value is -0.840. The van der Waals surface area contributed by atoms with Crippen molar-refractivity contribution < 1.29 is 9.53 Å². The van der Waals surface area contributed by atoms with E-state index in [1.807, 2.05) is 0 Å². The Morgan fingerprint density at radius 2 is 2.16 bits per heavy atom. The summed E-state index contributed by atoms with van der Waals surface area (Å²) in [7, 11) is 0. The summed E-state index contributed by atoms with van der Waals surface area (Å²) in [6.07, 6.45) is 3.67. The van der Waals surface area contributed by atoms with Crippen LogP contribution in [0.2, 0.25) is 0 Å². The predicted octanol–water partition coefficient (Wildman–Crippen LogP) is 2.68. The first-order valence-electron chi connectivity index (χ1n) is 6.66. The summed E-state index contributed by atoms with van der Waals surface area (Å²) >= 11 is 1.75. The van der Waals surface area contributed by atoms with Crippen LogP contribution in [0.4, 0.5) is 0 Å². The van der Waals surface area contributed by atoms with Crippen molar-refractivity contribution in [2.75, 3.05) is 32.6 Å². The van der Waals surface area contributed by atoms with E-state index >= 15 is 0 Å². The highest BCUT2D eigenvalue weighted by atomic mass is 32.2. The van der Waals surface area contributed by atoms with Crippen molar-refractivity contribution in [1.29, 1.82) is 0 Å². The second kappa shape index (κ2) is 7.08. The average Bonchev–Trinajstić information content (AvgIpc) is 2.46. The molecule has 1 atom stereocenters. The Balaban J connectivity index is 2.24. The topological polar surface area (TPSA) is 29.5 Å². The lowest BCUT2D eigenvalue weighted by Crippen LogP contribution is -2.39. The normalized spacial score (nSPS) is 18.2. The molecule has 1 unspecified atom stereocenters. The van der Waals surface area contributed by atoms with Gasteiger partial charge in [0.05, 0.1) is 13.2 Å². The molecule has 3 nitrogen and oxygen atoms in total. The smallest absolute Gasteiger partial charge is 0.121 e. The van der Waals surface area contributed by atoms with Crippen LogP contribution in [0.15, 0.2) is 23.1 Å². The fraction of sp³-hybridized carbons (Fsp3) is 0.533. The maximum atomic E-state index is 11.0. The van der Waals surface area contributed by atoms with E-state index < -0.39 is 0 Å². The third-order valence-electron chi connectivity index (χ3n) is 3.64. The molecule has 1 aliphatic heterocycles. The molecule has 2 rings (SSSR count). The lowest BCUT2D eigenvalue weighted by molar-refractivity contribution is -0.109. The van der Waals surface area contributed by atoms with Crippen molar-refractivity contribution in [3.63, 3.8) is 0 Å². The number of nitrogens with zero attached hydrogens (tertiary/aromatic N) is 1. The molecule has 1 aliphatic rings. The first-order chi connectivity index (χ1) is 9.26. The Morgan fingerprint density at radius 1 is 1.42 bits per heavy atom. The standard InChI is InChI=1S/C15H21NO2S/c1-12-11-13(19-2)3-4-14(12)15(5-8-17)16-6-9-18-10-7-16/h3-4,8,11,15H,5-7,9-10H2,1-2H3. The molecule has 1 heterocycles. The summed E-state index contributed by atoms with van der Waals surface area (Å²) < 4.78 is 5.40. The average molecular weight is 279 g/mol. The Bertz CT molecular complexity index is 430. The van der Waals surface area contributed by atoms with Crippen LogP contribution in [0, 0.1) is 6.92 Å². The highest BCUT2D eigenvalue weighted by Crippen LogP contribution is 2.29. The quantitative estimate of drug-likeness (QED) is 0.612. The number of aldehydes is 1. The van der Waals surface area contributed by atoms with Gasteiger partial charge in [-0.3, -0.25) is 4.90 Å². The molecular formula is C15H21NO2S. The van der Waals surface area contributed by atoms with Crippen molar-refractivity contribution >= 4 is 18.0 Å². The van der Waals surface area contributed by atoms with Crippen LogP contribution in [-0.2, 0) is 9.53 Å². The molecule has 1 aromatic carbocycles. The Morgan fingerprint density at radius 3 is 2.74 bits per heavy atom. The molecule has 1 saturated heterocycles. The van der Waals surface area contributed by atoms with Crippen molar-refractivity contribution in [1.82, 2.24) is 4.90 Å². The van der Waals surface area contributed by atoms with Crippen LogP contribution in [0.3, 0.4) is 0 Å². The van der Waals surface area contributed by atoms with Gasteiger partial charge >= 0.3 is 0 Å². The van der Waals surface area contributed by atoms with Crippen molar-refractivity contribution in [3.8, 4) is 0 Å². The maximum Gasteiger partial charge on any atom is 0.121 e. The van der Waals surface area contributed by atoms with Crippen LogP contribution in [0.25, 0.3) is 0 Å². The van der Waals surface area contributed by atoms with Gasteiger partial charge in [-0.2, -0.15) is 0 Å². The third kappa shape index (κ3) is 3.59. The number of hydrogen-bond acceptors (Lipinski definition) is 4. The molecule has 0 saturated carbocycles. The van der Waals surface area contributed by atoms with Gasteiger partial charge in [0.15, 0.2) is 0 Å². The van der Waals surface area contributed by atoms with E-state index in [2.05, 4.69) is 36.3 Å². The Kier molecular flexibility index (Phi) is 5.43. The fourth-order valence-corrected chi connectivity index (χ4v) is 3.10. The van der Waals surface area contributed by atoms with Crippen LogP contribution >= 0.6 is 11.8 Å². The van der Waals surface area contributed by atoms with E-state index in [0.29, 0.717) is 6.42 Å². The molecule has 4 heteroatoms. The number of hydrogen-bond donors (Lipinski definition) is 0. The first kappa shape index (κ1) is 14.6. The lowest BCUT2D eigenvalue weighted by Gasteiger charge is -2.34. The van der Waals surface area contributed by atoms with E-state index in [1.54, 1.807) is 11.8 Å². The monoisotopic (exact) mass is 279 g/mol. The first-order valence-corrected chi connectivity index (χ1v) is 7.88. The molecule has 0 spiro atoms. The summed E-state index contributed by atoms with van der Waals surface area (Å²) in [4.78, 5) is 14.6. The number of morpholine rings is 1. The highest BCUT2D eigenvalue weighted by molar-refractivity contribution is 7.98. The molecule has 0 N–H and O–H groups in total. The van der Waals surface area contributed by atoms with Gasteiger partial charge in [0, 0.05) is 30.4 Å². The van der Waals surface area contributed by atoms with Crippen LogP contribution in [0.5, 0.6) is 0 Å². The Labute approximate surface area is 119 Å². The molecule has 1 fully saturated rings. The zero-order valence-corrected chi connectivity index (χ0v) is 12.4. The summed E-state index contributed by atoms with van der Waals surface area (Å²) in [5.74, 6) is 0.